The van der Waals surface area contributed by atoms with Gasteiger partial charge in [-0.25, -0.2) is 0 Å². The Balaban J connectivity index is 1.51. The predicted octanol–water partition coefficient (Wildman–Crippen LogP) is 10.1. The van der Waals surface area contributed by atoms with E-state index in [-0.39, 0.29) is 0 Å². The minimum absolute atomic E-state index is 0.565. The summed E-state index contributed by atoms with van der Waals surface area (Å²) in [7, 11) is 0.749. The first-order valence-electron chi connectivity index (χ1n) is 15.1. The van der Waals surface area contributed by atoms with Crippen molar-refractivity contribution >= 4 is 14.4 Å². The highest BCUT2D eigenvalue weighted by atomic mass is 31.1. The summed E-state index contributed by atoms with van der Waals surface area (Å²) in [5, 5.41) is 5.59. The summed E-state index contributed by atoms with van der Waals surface area (Å²) in [5.41, 5.74) is 7.32. The van der Waals surface area contributed by atoms with Gasteiger partial charge in [0, 0.05) is 5.92 Å². The van der Waals surface area contributed by atoms with E-state index in [1.54, 1.807) is 5.57 Å². The van der Waals surface area contributed by atoms with Gasteiger partial charge >= 0.3 is 0 Å². The molecule has 0 aromatic heterocycles. The van der Waals surface area contributed by atoms with Crippen molar-refractivity contribution in [1.29, 1.82) is 0 Å². The quantitative estimate of drug-likeness (QED) is 0.115. The lowest BCUT2D eigenvalue weighted by molar-refractivity contribution is 0.275. The van der Waals surface area contributed by atoms with Gasteiger partial charge in [-0.2, -0.15) is 5.10 Å². The van der Waals surface area contributed by atoms with Gasteiger partial charge in [0.25, 0.3) is 0 Å². The van der Waals surface area contributed by atoms with E-state index in [2.05, 4.69) is 74.4 Å². The molecule has 202 valence electrons. The molecule has 0 heterocycles. The normalized spacial score (nSPS) is 27.3. The van der Waals surface area contributed by atoms with E-state index in [1.165, 1.54) is 99.5 Å². The third-order valence-corrected chi connectivity index (χ3v) is 9.72. The molecule has 0 aliphatic heterocycles. The van der Waals surface area contributed by atoms with Crippen molar-refractivity contribution < 1.29 is 0 Å². The van der Waals surface area contributed by atoms with E-state index in [0.29, 0.717) is 23.8 Å². The van der Waals surface area contributed by atoms with Crippen LogP contribution in [-0.4, -0.2) is 23.2 Å². The molecule has 0 spiro atoms. The standard InChI is InChI=1S/C34H51N2P/c1-26(2)12-11-13-28-19-21-29(22-20-28)25-31-24-27(3)18-23-33(31)34(30-14-7-5-8-15-30)35-36(37-4)32-16-9-6-10-17-32/h5,7,18-21,23,29-32,37H,1,6,8-17,22,24-25H2,2-4H3/b35-34-. The van der Waals surface area contributed by atoms with E-state index in [0.717, 1.165) is 21.6 Å². The first-order chi connectivity index (χ1) is 18.0. The fourth-order valence-electron chi connectivity index (χ4n) is 6.64. The summed E-state index contributed by atoms with van der Waals surface area (Å²) >= 11 is 0. The molecular formula is C34H51N2P. The van der Waals surface area contributed by atoms with Crippen molar-refractivity contribution in [2.24, 2.45) is 22.9 Å². The summed E-state index contributed by atoms with van der Waals surface area (Å²) in [6, 6.07) is 0.640. The average molecular weight is 519 g/mol. The first kappa shape index (κ1) is 28.4. The zero-order valence-corrected chi connectivity index (χ0v) is 24.9. The predicted molar refractivity (Wildman–Crippen MR) is 165 cm³/mol. The van der Waals surface area contributed by atoms with Gasteiger partial charge in [0.2, 0.25) is 0 Å². The molecule has 0 amide bonds. The fraction of sp³-hybridized carbons (Fsp3) is 0.618. The van der Waals surface area contributed by atoms with Gasteiger partial charge in [0.1, 0.15) is 0 Å². The van der Waals surface area contributed by atoms with Gasteiger partial charge < -0.3 is 0 Å². The van der Waals surface area contributed by atoms with Crippen molar-refractivity contribution in [3.8, 4) is 0 Å². The monoisotopic (exact) mass is 518 g/mol. The second-order valence-corrected chi connectivity index (χ2v) is 12.9. The first-order valence-corrected chi connectivity index (χ1v) is 16.6. The molecule has 4 rings (SSSR count). The molecular weight excluding hydrogens is 467 g/mol. The molecule has 0 radical (unpaired) electrons. The summed E-state index contributed by atoms with van der Waals surface area (Å²) in [6.07, 6.45) is 34.6. The second kappa shape index (κ2) is 14.5. The molecule has 1 fully saturated rings. The Labute approximate surface area is 229 Å². The van der Waals surface area contributed by atoms with E-state index in [4.69, 9.17) is 5.10 Å². The molecule has 0 saturated heterocycles. The number of hydrazone groups is 1. The lowest BCUT2D eigenvalue weighted by Gasteiger charge is -2.36. The van der Waals surface area contributed by atoms with Crippen LogP contribution in [0.2, 0.25) is 0 Å². The Morgan fingerprint density at radius 2 is 1.95 bits per heavy atom. The number of nitrogens with zero attached hydrogens (tertiary/aromatic N) is 2. The van der Waals surface area contributed by atoms with E-state index in [1.807, 2.05) is 0 Å². The largest absolute Gasteiger partial charge is 0.277 e. The van der Waals surface area contributed by atoms with Gasteiger partial charge in [-0.15, -0.1) is 6.58 Å². The zero-order valence-electron chi connectivity index (χ0n) is 23.9. The van der Waals surface area contributed by atoms with Crippen LogP contribution in [0.15, 0.2) is 76.5 Å². The van der Waals surface area contributed by atoms with Crippen molar-refractivity contribution in [3.63, 3.8) is 0 Å². The van der Waals surface area contributed by atoms with Gasteiger partial charge in [-0.1, -0.05) is 78.5 Å². The Bertz CT molecular complexity index is 956. The lowest BCUT2D eigenvalue weighted by Crippen LogP contribution is -2.31. The molecule has 0 N–H and O–H groups in total. The molecule has 4 aliphatic rings. The van der Waals surface area contributed by atoms with Crippen LogP contribution >= 0.6 is 8.73 Å². The van der Waals surface area contributed by atoms with Gasteiger partial charge in [0.05, 0.1) is 11.8 Å². The SMILES string of the molecule is C=C(C)CCCC1=CCC(CC2CC(C)=CC=C2/C(=N\N(PC)C2CCCCC2)C2CC=CCC2)C=C1. The number of rotatable bonds is 11. The van der Waals surface area contributed by atoms with Crippen LogP contribution < -0.4 is 0 Å². The highest BCUT2D eigenvalue weighted by Gasteiger charge is 2.31. The summed E-state index contributed by atoms with van der Waals surface area (Å²) < 4.78 is 2.51. The van der Waals surface area contributed by atoms with E-state index in [9.17, 15) is 0 Å². The van der Waals surface area contributed by atoms with Crippen LogP contribution in [0.3, 0.4) is 0 Å². The third kappa shape index (κ3) is 8.41. The fourth-order valence-corrected chi connectivity index (χ4v) is 7.47. The highest BCUT2D eigenvalue weighted by Crippen LogP contribution is 2.39. The molecule has 0 aromatic rings. The number of hydrogen-bond acceptors (Lipinski definition) is 2. The van der Waals surface area contributed by atoms with Crippen LogP contribution in [0, 0.1) is 17.8 Å². The minimum atomic E-state index is 0.565. The van der Waals surface area contributed by atoms with Gasteiger partial charge in [0.15, 0.2) is 0 Å². The van der Waals surface area contributed by atoms with Gasteiger partial charge in [-0.05, 0) is 117 Å². The Hall–Kier alpha value is -1.66. The highest BCUT2D eigenvalue weighted by molar-refractivity contribution is 7.34. The molecule has 3 heteroatoms. The van der Waals surface area contributed by atoms with E-state index < -0.39 is 0 Å². The molecule has 4 atom stereocenters. The Kier molecular flexibility index (Phi) is 11.1. The van der Waals surface area contributed by atoms with Crippen LogP contribution in [0.25, 0.3) is 0 Å². The van der Waals surface area contributed by atoms with Crippen LogP contribution in [0.1, 0.15) is 104 Å². The average Bonchev–Trinajstić information content (AvgIpc) is 2.92. The van der Waals surface area contributed by atoms with Crippen LogP contribution in [0.4, 0.5) is 0 Å². The maximum atomic E-state index is 5.59. The number of allylic oxidation sites excluding steroid dienone is 11. The molecule has 2 nitrogen and oxygen atoms in total. The van der Waals surface area contributed by atoms with Crippen molar-refractivity contribution in [2.75, 3.05) is 6.66 Å². The van der Waals surface area contributed by atoms with E-state index >= 15 is 0 Å². The molecule has 37 heavy (non-hydrogen) atoms. The summed E-state index contributed by atoms with van der Waals surface area (Å²) in [5.74, 6) is 1.78. The topological polar surface area (TPSA) is 15.6 Å². The Morgan fingerprint density at radius 3 is 2.62 bits per heavy atom. The van der Waals surface area contributed by atoms with Gasteiger partial charge in [-0.3, -0.25) is 4.78 Å². The molecule has 0 aromatic carbocycles. The van der Waals surface area contributed by atoms with Crippen molar-refractivity contribution in [2.45, 2.75) is 110 Å². The van der Waals surface area contributed by atoms with Crippen molar-refractivity contribution in [1.82, 2.24) is 4.78 Å². The maximum Gasteiger partial charge on any atom is 0.0677 e. The zero-order chi connectivity index (χ0) is 26.0. The minimum Gasteiger partial charge on any atom is -0.277 e. The maximum absolute atomic E-state index is 5.59. The summed E-state index contributed by atoms with van der Waals surface area (Å²) in [6.45, 7) is 10.9. The second-order valence-electron chi connectivity index (χ2n) is 12.0. The Morgan fingerprint density at radius 1 is 1.11 bits per heavy atom. The molecule has 4 aliphatic carbocycles. The smallest absolute Gasteiger partial charge is 0.0677 e. The molecule has 0 bridgehead atoms. The van der Waals surface area contributed by atoms with Crippen LogP contribution in [-0.2, 0) is 0 Å². The number of hydrogen-bond donors (Lipinski definition) is 0. The molecule has 4 unspecified atom stereocenters. The lowest BCUT2D eigenvalue weighted by atomic mass is 9.74. The van der Waals surface area contributed by atoms with Crippen LogP contribution in [0.5, 0.6) is 0 Å². The molecule has 1 saturated carbocycles. The third-order valence-electron chi connectivity index (χ3n) is 8.79. The summed E-state index contributed by atoms with van der Waals surface area (Å²) in [4.78, 5) is 0. The van der Waals surface area contributed by atoms with Crippen molar-refractivity contribution in [3.05, 3.63) is 71.4 Å².